The summed E-state index contributed by atoms with van der Waals surface area (Å²) in [4.78, 5) is 0. The van der Waals surface area contributed by atoms with Crippen LogP contribution in [0, 0.1) is 0 Å². The molecule has 0 heterocycles. The van der Waals surface area contributed by atoms with Crippen molar-refractivity contribution >= 4 is 5.69 Å². The maximum Gasteiger partial charge on any atom is 0.0342 e. The van der Waals surface area contributed by atoms with Crippen molar-refractivity contribution in [2.45, 2.75) is 71.0 Å². The Balaban J connectivity index is 1.83. The maximum absolute atomic E-state index is 3.69. The highest BCUT2D eigenvalue weighted by molar-refractivity contribution is 5.45. The molecule has 1 aromatic carbocycles. The SMILES string of the molecule is CC(C)NCc1ccc(NC2CCCCCC2)cc1. The Kier molecular flexibility index (Phi) is 5.71. The molecule has 0 bridgehead atoms. The summed E-state index contributed by atoms with van der Waals surface area (Å²) in [6, 6.07) is 10.1. The Morgan fingerprint density at radius 2 is 1.63 bits per heavy atom. The Morgan fingerprint density at radius 1 is 1.00 bits per heavy atom. The van der Waals surface area contributed by atoms with E-state index in [1.54, 1.807) is 0 Å². The van der Waals surface area contributed by atoms with E-state index in [1.807, 2.05) is 0 Å². The molecule has 2 nitrogen and oxygen atoms in total. The first-order valence-electron chi connectivity index (χ1n) is 7.83. The van der Waals surface area contributed by atoms with Gasteiger partial charge in [-0.1, -0.05) is 51.7 Å². The second-order valence-corrected chi connectivity index (χ2v) is 6.07. The lowest BCUT2D eigenvalue weighted by Crippen LogP contribution is -2.22. The van der Waals surface area contributed by atoms with Gasteiger partial charge in [0.25, 0.3) is 0 Å². The third-order valence-corrected chi connectivity index (χ3v) is 3.89. The highest BCUT2D eigenvalue weighted by atomic mass is 14.9. The van der Waals surface area contributed by atoms with Gasteiger partial charge in [0.2, 0.25) is 0 Å². The zero-order chi connectivity index (χ0) is 13.5. The fourth-order valence-electron chi connectivity index (χ4n) is 2.70. The van der Waals surface area contributed by atoms with E-state index in [4.69, 9.17) is 0 Å². The molecule has 1 aliphatic carbocycles. The molecule has 1 fully saturated rings. The Bertz CT molecular complexity index is 348. The molecular formula is C17H28N2. The molecular weight excluding hydrogens is 232 g/mol. The number of rotatable bonds is 5. The van der Waals surface area contributed by atoms with E-state index in [1.165, 1.54) is 49.8 Å². The zero-order valence-corrected chi connectivity index (χ0v) is 12.4. The van der Waals surface area contributed by atoms with Gasteiger partial charge in [-0.3, -0.25) is 0 Å². The van der Waals surface area contributed by atoms with Crippen molar-refractivity contribution in [2.75, 3.05) is 5.32 Å². The average Bonchev–Trinajstić information content (AvgIpc) is 2.66. The second kappa shape index (κ2) is 7.54. The third kappa shape index (κ3) is 5.23. The van der Waals surface area contributed by atoms with Crippen LogP contribution in [-0.4, -0.2) is 12.1 Å². The van der Waals surface area contributed by atoms with Crippen LogP contribution in [0.15, 0.2) is 24.3 Å². The van der Waals surface area contributed by atoms with E-state index < -0.39 is 0 Å². The van der Waals surface area contributed by atoms with Crippen LogP contribution < -0.4 is 10.6 Å². The van der Waals surface area contributed by atoms with Gasteiger partial charge in [-0.25, -0.2) is 0 Å². The first-order chi connectivity index (χ1) is 9.24. The van der Waals surface area contributed by atoms with Gasteiger partial charge in [-0.2, -0.15) is 0 Å². The van der Waals surface area contributed by atoms with E-state index >= 15 is 0 Å². The van der Waals surface area contributed by atoms with Crippen LogP contribution in [0.1, 0.15) is 57.9 Å². The maximum atomic E-state index is 3.69. The van der Waals surface area contributed by atoms with Crippen molar-refractivity contribution < 1.29 is 0 Å². The minimum atomic E-state index is 0.545. The third-order valence-electron chi connectivity index (χ3n) is 3.89. The van der Waals surface area contributed by atoms with Gasteiger partial charge < -0.3 is 10.6 Å². The van der Waals surface area contributed by atoms with Gasteiger partial charge in [0, 0.05) is 24.3 Å². The number of anilines is 1. The number of hydrogen-bond donors (Lipinski definition) is 2. The van der Waals surface area contributed by atoms with Gasteiger partial charge >= 0.3 is 0 Å². The molecule has 0 aliphatic heterocycles. The fraction of sp³-hybridized carbons (Fsp3) is 0.647. The highest BCUT2D eigenvalue weighted by Crippen LogP contribution is 2.21. The summed E-state index contributed by atoms with van der Waals surface area (Å²) in [5.41, 5.74) is 2.64. The molecule has 19 heavy (non-hydrogen) atoms. The van der Waals surface area contributed by atoms with E-state index in [2.05, 4.69) is 48.7 Å². The van der Waals surface area contributed by atoms with Crippen molar-refractivity contribution in [3.05, 3.63) is 29.8 Å². The molecule has 2 heteroatoms. The van der Waals surface area contributed by atoms with Crippen LogP contribution in [0.5, 0.6) is 0 Å². The average molecular weight is 260 g/mol. The van der Waals surface area contributed by atoms with Crippen LogP contribution in [0.25, 0.3) is 0 Å². The molecule has 0 radical (unpaired) electrons. The fourth-order valence-corrected chi connectivity index (χ4v) is 2.70. The van der Waals surface area contributed by atoms with E-state index in [0.29, 0.717) is 12.1 Å². The molecule has 2 rings (SSSR count). The van der Waals surface area contributed by atoms with Gasteiger partial charge in [-0.05, 0) is 30.5 Å². The lowest BCUT2D eigenvalue weighted by molar-refractivity contribution is 0.589. The lowest BCUT2D eigenvalue weighted by Gasteiger charge is -2.18. The summed E-state index contributed by atoms with van der Waals surface area (Å²) in [7, 11) is 0. The number of nitrogens with one attached hydrogen (secondary N) is 2. The van der Waals surface area contributed by atoms with Crippen LogP contribution in [0.2, 0.25) is 0 Å². The molecule has 0 unspecified atom stereocenters. The molecule has 0 spiro atoms. The minimum absolute atomic E-state index is 0.545. The van der Waals surface area contributed by atoms with E-state index in [9.17, 15) is 0 Å². The van der Waals surface area contributed by atoms with Crippen LogP contribution >= 0.6 is 0 Å². The molecule has 0 amide bonds. The smallest absolute Gasteiger partial charge is 0.0342 e. The van der Waals surface area contributed by atoms with Gasteiger partial charge in [-0.15, -0.1) is 0 Å². The van der Waals surface area contributed by atoms with Crippen molar-refractivity contribution in [3.8, 4) is 0 Å². The summed E-state index contributed by atoms with van der Waals surface area (Å²) < 4.78 is 0. The summed E-state index contributed by atoms with van der Waals surface area (Å²) in [5.74, 6) is 0. The first kappa shape index (κ1) is 14.4. The van der Waals surface area contributed by atoms with Crippen LogP contribution in [-0.2, 0) is 6.54 Å². The first-order valence-corrected chi connectivity index (χ1v) is 7.83. The Labute approximate surface area is 118 Å². The summed E-state index contributed by atoms with van der Waals surface area (Å²) in [5, 5.41) is 7.14. The quantitative estimate of drug-likeness (QED) is 0.770. The molecule has 1 aliphatic rings. The highest BCUT2D eigenvalue weighted by Gasteiger charge is 2.11. The molecule has 1 saturated carbocycles. The van der Waals surface area contributed by atoms with E-state index in [0.717, 1.165) is 6.54 Å². The van der Waals surface area contributed by atoms with Crippen LogP contribution in [0.3, 0.4) is 0 Å². The Morgan fingerprint density at radius 3 is 2.21 bits per heavy atom. The predicted octanol–water partition coefficient (Wildman–Crippen LogP) is 4.32. The molecule has 0 aromatic heterocycles. The second-order valence-electron chi connectivity index (χ2n) is 6.07. The zero-order valence-electron chi connectivity index (χ0n) is 12.4. The monoisotopic (exact) mass is 260 g/mol. The molecule has 2 N–H and O–H groups in total. The van der Waals surface area contributed by atoms with Gasteiger partial charge in [0.1, 0.15) is 0 Å². The standard InChI is InChI=1S/C17H28N2/c1-14(2)18-13-15-9-11-17(12-10-15)19-16-7-5-3-4-6-8-16/h9-12,14,16,18-19H,3-8,13H2,1-2H3. The Hall–Kier alpha value is -1.02. The topological polar surface area (TPSA) is 24.1 Å². The number of hydrogen-bond acceptors (Lipinski definition) is 2. The summed E-state index contributed by atoms with van der Waals surface area (Å²) in [6.07, 6.45) is 8.26. The molecule has 1 aromatic rings. The molecule has 0 atom stereocenters. The minimum Gasteiger partial charge on any atom is -0.382 e. The van der Waals surface area contributed by atoms with Crippen molar-refractivity contribution in [1.82, 2.24) is 5.32 Å². The van der Waals surface area contributed by atoms with Crippen molar-refractivity contribution in [1.29, 1.82) is 0 Å². The summed E-state index contributed by atoms with van der Waals surface area (Å²) in [6.45, 7) is 5.32. The largest absolute Gasteiger partial charge is 0.382 e. The van der Waals surface area contributed by atoms with Crippen LogP contribution in [0.4, 0.5) is 5.69 Å². The van der Waals surface area contributed by atoms with Gasteiger partial charge in [0.05, 0.1) is 0 Å². The van der Waals surface area contributed by atoms with Gasteiger partial charge in [0.15, 0.2) is 0 Å². The molecule has 106 valence electrons. The normalized spacial score (nSPS) is 17.4. The van der Waals surface area contributed by atoms with Crippen molar-refractivity contribution in [3.63, 3.8) is 0 Å². The predicted molar refractivity (Wildman–Crippen MR) is 83.5 cm³/mol. The number of benzene rings is 1. The lowest BCUT2D eigenvalue weighted by atomic mass is 10.1. The molecule has 0 saturated heterocycles. The van der Waals surface area contributed by atoms with E-state index in [-0.39, 0.29) is 0 Å². The van der Waals surface area contributed by atoms with Crippen molar-refractivity contribution in [2.24, 2.45) is 0 Å². The summed E-state index contributed by atoms with van der Waals surface area (Å²) >= 11 is 0.